The van der Waals surface area contributed by atoms with E-state index in [1.54, 1.807) is 6.92 Å². The van der Waals surface area contributed by atoms with Crippen LogP contribution in [-0.4, -0.2) is 26.7 Å². The van der Waals surface area contributed by atoms with Crippen LogP contribution in [0.1, 0.15) is 24.7 Å². The molecule has 0 aliphatic heterocycles. The zero-order valence-corrected chi connectivity index (χ0v) is 14.9. The van der Waals surface area contributed by atoms with Crippen molar-refractivity contribution in [3.8, 4) is 5.75 Å². The number of esters is 1. The Morgan fingerprint density at radius 3 is 2.20 bits per heavy atom. The normalized spacial score (nSPS) is 12.2. The molecule has 0 amide bonds. The van der Waals surface area contributed by atoms with Crippen molar-refractivity contribution in [2.75, 3.05) is 13.7 Å². The van der Waals surface area contributed by atoms with Crippen molar-refractivity contribution < 1.29 is 78.6 Å². The van der Waals surface area contributed by atoms with Crippen LogP contribution >= 0.6 is 0 Å². The van der Waals surface area contributed by atoms with Gasteiger partial charge < -0.3 is 22.4 Å². The van der Waals surface area contributed by atoms with Crippen LogP contribution in [0.15, 0.2) is 24.3 Å². The van der Waals surface area contributed by atoms with E-state index in [2.05, 4.69) is 4.74 Å². The van der Waals surface area contributed by atoms with Gasteiger partial charge in [-0.05, 0) is 24.9 Å². The number of carbonyl (C=O) groups is 1. The van der Waals surface area contributed by atoms with Gasteiger partial charge in [-0.3, -0.25) is 4.79 Å². The topological polar surface area (TPSA) is 35.5 Å². The molecule has 0 aliphatic rings. The van der Waals surface area contributed by atoms with Gasteiger partial charge in [-0.25, -0.2) is 0 Å². The first-order chi connectivity index (χ1) is 8.88. The first-order valence-electron chi connectivity index (χ1n) is 5.88. The second kappa shape index (κ2) is 9.09. The van der Waals surface area contributed by atoms with Crippen molar-refractivity contribution in [1.82, 2.24) is 0 Å². The van der Waals surface area contributed by atoms with E-state index in [0.717, 1.165) is 0 Å². The number of methoxy groups -OCH3 is 1. The fraction of sp³-hybridized carbons (Fsp3) is 0.417. The summed E-state index contributed by atoms with van der Waals surface area (Å²) in [7, 11) is 1.43. The molecule has 0 aromatic heterocycles. The van der Waals surface area contributed by atoms with E-state index in [9.17, 15) is 17.7 Å². The molecule has 20 heavy (non-hydrogen) atoms. The quantitative estimate of drug-likeness (QED) is 0.553. The zero-order valence-electron chi connectivity index (χ0n) is 11.7. The fourth-order valence-electron chi connectivity index (χ4n) is 1.72. The molecule has 0 bridgehead atoms. The summed E-state index contributed by atoms with van der Waals surface area (Å²) in [5.74, 6) is -2.18. The van der Waals surface area contributed by atoms with Crippen LogP contribution in [0, 0.1) is 0 Å². The van der Waals surface area contributed by atoms with E-state index in [1.165, 1.54) is 31.4 Å². The Labute approximate surface area is 158 Å². The van der Waals surface area contributed by atoms with E-state index < -0.39 is 25.2 Å². The number of halogens is 3. The molecule has 0 saturated heterocycles. The van der Waals surface area contributed by atoms with E-state index in [0.29, 0.717) is 5.75 Å². The first kappa shape index (κ1) is 20.0. The van der Waals surface area contributed by atoms with E-state index in [-0.39, 0.29) is 63.6 Å². The van der Waals surface area contributed by atoms with Crippen molar-refractivity contribution in [3.63, 3.8) is 0 Å². The van der Waals surface area contributed by atoms with Gasteiger partial charge in [0.05, 0.1) is 13.7 Å². The molecule has 1 unspecified atom stereocenters. The fourth-order valence-corrected chi connectivity index (χ4v) is 1.72. The van der Waals surface area contributed by atoms with Gasteiger partial charge in [-0.1, -0.05) is 17.7 Å². The van der Waals surface area contributed by atoms with Gasteiger partial charge >= 0.3 is 64.3 Å². The number of carbonyl (C=O) groups excluding carboxylic acids is 1. The minimum atomic E-state index is -5.17. The summed E-state index contributed by atoms with van der Waals surface area (Å²) >= 11 is 0. The smallest absolute Gasteiger partial charge is 0.497 e. The monoisotopic (exact) mass is 314 g/mol. The molecule has 8 heteroatoms. The third-order valence-corrected chi connectivity index (χ3v) is 2.69. The van der Waals surface area contributed by atoms with Gasteiger partial charge in [0.25, 0.3) is 0 Å². The number of benzene rings is 1. The SMILES string of the molecule is CCOC(=O)CC(c1ccc(OC)cc1)[B-](F)(F)F.[K+]. The Bertz CT molecular complexity index is 423. The predicted molar refractivity (Wildman–Crippen MR) is 66.1 cm³/mol. The van der Waals surface area contributed by atoms with Crippen LogP contribution in [0.4, 0.5) is 12.9 Å². The van der Waals surface area contributed by atoms with Crippen LogP contribution in [0.2, 0.25) is 0 Å². The molecule has 106 valence electrons. The standard InChI is InChI=1S/C12H15BF3O3.K/c1-3-19-12(17)8-11(13(14,15)16)9-4-6-10(18-2)7-5-9;/h4-7,11H,3,8H2,1-2H3;/q-1;+1. The van der Waals surface area contributed by atoms with E-state index >= 15 is 0 Å². The minimum Gasteiger partial charge on any atom is -0.497 e. The zero-order chi connectivity index (χ0) is 14.5. The summed E-state index contributed by atoms with van der Waals surface area (Å²) in [6, 6.07) is 5.51. The summed E-state index contributed by atoms with van der Waals surface area (Å²) < 4.78 is 48.5. The summed E-state index contributed by atoms with van der Waals surface area (Å²) in [5, 5.41) is 0. The van der Waals surface area contributed by atoms with Gasteiger partial charge in [0.15, 0.2) is 0 Å². The molecular weight excluding hydrogens is 299 g/mol. The van der Waals surface area contributed by atoms with Crippen molar-refractivity contribution in [2.45, 2.75) is 19.2 Å². The molecular formula is C12H15BF3KO3. The third-order valence-electron chi connectivity index (χ3n) is 2.69. The van der Waals surface area contributed by atoms with Gasteiger partial charge in [-0.15, -0.1) is 0 Å². The Balaban J connectivity index is 0.00000361. The Morgan fingerprint density at radius 2 is 1.80 bits per heavy atom. The summed E-state index contributed by atoms with van der Waals surface area (Å²) in [4.78, 5) is 11.3. The van der Waals surface area contributed by atoms with Gasteiger partial charge in [-0.2, -0.15) is 0 Å². The Morgan fingerprint density at radius 1 is 1.25 bits per heavy atom. The van der Waals surface area contributed by atoms with E-state index in [4.69, 9.17) is 4.74 Å². The van der Waals surface area contributed by atoms with Crippen molar-refractivity contribution >= 4 is 12.9 Å². The van der Waals surface area contributed by atoms with Crippen molar-refractivity contribution in [3.05, 3.63) is 29.8 Å². The van der Waals surface area contributed by atoms with Crippen molar-refractivity contribution in [1.29, 1.82) is 0 Å². The van der Waals surface area contributed by atoms with Crippen LogP contribution < -0.4 is 56.1 Å². The second-order valence-corrected chi connectivity index (χ2v) is 4.01. The average Bonchev–Trinajstić information content (AvgIpc) is 2.35. The summed E-state index contributed by atoms with van der Waals surface area (Å²) in [6.45, 7) is -3.55. The molecule has 1 rings (SSSR count). The maximum Gasteiger partial charge on any atom is 1.00 e. The predicted octanol–water partition coefficient (Wildman–Crippen LogP) is 0.123. The van der Waals surface area contributed by atoms with Gasteiger partial charge in [0.2, 0.25) is 0 Å². The van der Waals surface area contributed by atoms with Gasteiger partial charge in [0, 0.05) is 6.42 Å². The summed E-state index contributed by atoms with van der Waals surface area (Å²) in [6.07, 6.45) is -0.691. The Hall–Kier alpha value is -0.0187. The molecule has 1 atom stereocenters. The second-order valence-electron chi connectivity index (χ2n) is 4.01. The molecule has 0 saturated carbocycles. The average molecular weight is 314 g/mol. The van der Waals surface area contributed by atoms with Crippen molar-refractivity contribution in [2.24, 2.45) is 0 Å². The molecule has 0 fully saturated rings. The number of ether oxygens (including phenoxy) is 2. The van der Waals surface area contributed by atoms with Crippen LogP contribution in [0.5, 0.6) is 5.75 Å². The molecule has 3 nitrogen and oxygen atoms in total. The Kier molecular flexibility index (Phi) is 9.08. The van der Waals surface area contributed by atoms with Crippen LogP contribution in [-0.2, 0) is 9.53 Å². The van der Waals surface area contributed by atoms with E-state index in [1.807, 2.05) is 0 Å². The maximum absolute atomic E-state index is 13.0. The molecule has 0 N–H and O–H groups in total. The first-order valence-corrected chi connectivity index (χ1v) is 5.88. The van der Waals surface area contributed by atoms with Crippen LogP contribution in [0.3, 0.4) is 0 Å². The molecule has 0 radical (unpaired) electrons. The maximum atomic E-state index is 13.0. The number of hydrogen-bond donors (Lipinski definition) is 0. The molecule has 0 spiro atoms. The molecule has 0 aliphatic carbocycles. The number of rotatable bonds is 6. The number of hydrogen-bond acceptors (Lipinski definition) is 3. The molecule has 0 heterocycles. The summed E-state index contributed by atoms with van der Waals surface area (Å²) in [5.41, 5.74) is 0.0429. The van der Waals surface area contributed by atoms with Gasteiger partial charge in [0.1, 0.15) is 5.75 Å². The van der Waals surface area contributed by atoms with Crippen LogP contribution in [0.25, 0.3) is 0 Å². The minimum absolute atomic E-state index is 0. The molecule has 1 aromatic rings. The largest absolute Gasteiger partial charge is 1.00 e. The molecule has 1 aromatic carbocycles. The third kappa shape index (κ3) is 6.17.